The molecule has 0 unspecified atom stereocenters. The molecule has 3 atom stereocenters. The van der Waals surface area contributed by atoms with E-state index in [1.807, 2.05) is 0 Å². The van der Waals surface area contributed by atoms with Gasteiger partial charge in [-0.05, 0) is 86.9 Å². The van der Waals surface area contributed by atoms with Gasteiger partial charge in [0.15, 0.2) is 0 Å². The highest BCUT2D eigenvalue weighted by Gasteiger charge is 2.43. The van der Waals surface area contributed by atoms with Gasteiger partial charge < -0.3 is 15.3 Å². The fourth-order valence-electron chi connectivity index (χ4n) is 6.13. The third-order valence-corrected chi connectivity index (χ3v) is 7.46. The SMILES string of the molecule is Cl.O.c1ccc([C@@H]2c3ccccc3[C@@H]3CCN(CCCN4CCCCC4)C[C@H]23)cc1. The molecule has 2 N–H and O–H groups in total. The predicted octanol–water partition coefficient (Wildman–Crippen LogP) is 4.71. The van der Waals surface area contributed by atoms with Crippen molar-refractivity contribution in [1.29, 1.82) is 0 Å². The standard InChI is InChI=1S/C26H34N2.ClH.H2O/c1-3-10-21(11-4-1)26-24-13-6-5-12-22(24)23-14-19-28(20-25(23)26)18-9-17-27-15-7-2-8-16-27;;/h1,3-6,10-13,23,25-26H,2,7-9,14-20H2;1H;1H2/t23-,25-,26+;;/m0../s1. The number of rotatable bonds is 5. The van der Waals surface area contributed by atoms with Crippen LogP contribution in [0.4, 0.5) is 0 Å². The first-order chi connectivity index (χ1) is 13.9. The van der Waals surface area contributed by atoms with Crippen molar-refractivity contribution < 1.29 is 5.48 Å². The predicted molar refractivity (Wildman–Crippen MR) is 128 cm³/mol. The highest BCUT2D eigenvalue weighted by molar-refractivity contribution is 5.85. The van der Waals surface area contributed by atoms with Crippen LogP contribution in [0.15, 0.2) is 54.6 Å². The van der Waals surface area contributed by atoms with E-state index in [0.717, 1.165) is 11.8 Å². The van der Waals surface area contributed by atoms with Gasteiger partial charge in [-0.25, -0.2) is 0 Å². The molecule has 0 bridgehead atoms. The Labute approximate surface area is 188 Å². The largest absolute Gasteiger partial charge is 0.412 e. The lowest BCUT2D eigenvalue weighted by Crippen LogP contribution is -2.41. The Morgan fingerprint density at radius 2 is 1.40 bits per heavy atom. The summed E-state index contributed by atoms with van der Waals surface area (Å²) in [5.74, 6) is 2.07. The number of benzene rings is 2. The van der Waals surface area contributed by atoms with Crippen molar-refractivity contribution >= 4 is 12.4 Å². The van der Waals surface area contributed by atoms with Crippen LogP contribution in [-0.2, 0) is 0 Å². The second-order valence-electron chi connectivity index (χ2n) is 9.13. The van der Waals surface area contributed by atoms with Gasteiger partial charge in [0.1, 0.15) is 0 Å². The highest BCUT2D eigenvalue weighted by atomic mass is 35.5. The fourth-order valence-corrected chi connectivity index (χ4v) is 6.13. The monoisotopic (exact) mass is 428 g/mol. The molecule has 0 saturated carbocycles. The first-order valence-corrected chi connectivity index (χ1v) is 11.5. The van der Waals surface area contributed by atoms with E-state index in [4.69, 9.17) is 0 Å². The number of nitrogens with zero attached hydrogens (tertiary/aromatic N) is 2. The number of hydrogen-bond acceptors (Lipinski definition) is 2. The van der Waals surface area contributed by atoms with Gasteiger partial charge in [0.25, 0.3) is 0 Å². The molecule has 2 saturated heterocycles. The summed E-state index contributed by atoms with van der Waals surface area (Å²) in [7, 11) is 0. The van der Waals surface area contributed by atoms with Gasteiger partial charge in [0, 0.05) is 12.5 Å². The summed E-state index contributed by atoms with van der Waals surface area (Å²) in [6, 6.07) is 20.5. The lowest BCUT2D eigenvalue weighted by Gasteiger charge is -2.38. The molecule has 0 aromatic heterocycles. The van der Waals surface area contributed by atoms with Crippen molar-refractivity contribution in [2.75, 3.05) is 39.3 Å². The van der Waals surface area contributed by atoms with E-state index in [1.165, 1.54) is 76.9 Å². The summed E-state index contributed by atoms with van der Waals surface area (Å²) < 4.78 is 0. The third-order valence-electron chi connectivity index (χ3n) is 7.46. The molecule has 3 nitrogen and oxygen atoms in total. The Morgan fingerprint density at radius 3 is 2.17 bits per heavy atom. The van der Waals surface area contributed by atoms with Crippen molar-refractivity contribution in [2.45, 2.75) is 43.9 Å². The molecule has 164 valence electrons. The van der Waals surface area contributed by atoms with Crippen LogP contribution in [-0.4, -0.2) is 54.5 Å². The van der Waals surface area contributed by atoms with Crippen molar-refractivity contribution in [3.05, 3.63) is 71.3 Å². The molecule has 2 heterocycles. The maximum Gasteiger partial charge on any atom is 0.0138 e. The Balaban J connectivity index is 0.00000128. The second-order valence-corrected chi connectivity index (χ2v) is 9.13. The minimum absolute atomic E-state index is 0. The molecule has 0 amide bonds. The van der Waals surface area contributed by atoms with E-state index in [9.17, 15) is 0 Å². The van der Waals surface area contributed by atoms with E-state index in [1.54, 1.807) is 11.1 Å². The van der Waals surface area contributed by atoms with E-state index in [0.29, 0.717) is 5.92 Å². The zero-order valence-corrected chi connectivity index (χ0v) is 18.8. The van der Waals surface area contributed by atoms with Gasteiger partial charge >= 0.3 is 0 Å². The number of likely N-dealkylation sites (tertiary alicyclic amines) is 2. The average molecular weight is 429 g/mol. The van der Waals surface area contributed by atoms with Crippen LogP contribution < -0.4 is 0 Å². The lowest BCUT2D eigenvalue weighted by atomic mass is 9.79. The molecule has 5 rings (SSSR count). The summed E-state index contributed by atoms with van der Waals surface area (Å²) in [6.07, 6.45) is 6.91. The first-order valence-electron chi connectivity index (χ1n) is 11.5. The molecule has 0 spiro atoms. The van der Waals surface area contributed by atoms with Gasteiger partial charge in [-0.3, -0.25) is 0 Å². The molecule has 1 aliphatic carbocycles. The molecule has 4 heteroatoms. The molecule has 3 aliphatic rings. The Hall–Kier alpha value is -1.39. The van der Waals surface area contributed by atoms with Crippen LogP contribution in [0.3, 0.4) is 0 Å². The molecule has 2 fully saturated rings. The topological polar surface area (TPSA) is 38.0 Å². The van der Waals surface area contributed by atoms with Gasteiger partial charge in [0.05, 0.1) is 0 Å². The zero-order valence-electron chi connectivity index (χ0n) is 18.0. The van der Waals surface area contributed by atoms with Crippen LogP contribution in [0.1, 0.15) is 60.6 Å². The molecule has 2 aliphatic heterocycles. The number of hydrogen-bond donors (Lipinski definition) is 0. The smallest absolute Gasteiger partial charge is 0.0138 e. The molecule has 30 heavy (non-hydrogen) atoms. The summed E-state index contributed by atoms with van der Waals surface area (Å²) in [5, 5.41) is 0. The maximum atomic E-state index is 2.77. The number of fused-ring (bicyclic) bond motifs is 3. The number of halogens is 1. The van der Waals surface area contributed by atoms with Gasteiger partial charge in [-0.1, -0.05) is 61.0 Å². The van der Waals surface area contributed by atoms with Crippen LogP contribution >= 0.6 is 12.4 Å². The molecule has 0 radical (unpaired) electrons. The van der Waals surface area contributed by atoms with Crippen molar-refractivity contribution in [3.8, 4) is 0 Å². The molecular formula is C26H37ClN2O. The van der Waals surface area contributed by atoms with Crippen LogP contribution in [0.2, 0.25) is 0 Å². The maximum absolute atomic E-state index is 2.77. The van der Waals surface area contributed by atoms with E-state index < -0.39 is 0 Å². The quantitative estimate of drug-likeness (QED) is 0.691. The Morgan fingerprint density at radius 1 is 0.733 bits per heavy atom. The lowest BCUT2D eigenvalue weighted by molar-refractivity contribution is 0.141. The van der Waals surface area contributed by atoms with Gasteiger partial charge in [-0.15, -0.1) is 12.4 Å². The van der Waals surface area contributed by atoms with Crippen LogP contribution in [0, 0.1) is 5.92 Å². The van der Waals surface area contributed by atoms with Gasteiger partial charge in [-0.2, -0.15) is 0 Å². The molecule has 2 aromatic rings. The molecular weight excluding hydrogens is 392 g/mol. The Bertz CT molecular complexity index is 778. The summed E-state index contributed by atoms with van der Waals surface area (Å²) >= 11 is 0. The molecule has 2 aromatic carbocycles. The van der Waals surface area contributed by atoms with Crippen molar-refractivity contribution in [1.82, 2.24) is 9.80 Å². The number of piperidine rings is 2. The first kappa shape index (κ1) is 23.3. The van der Waals surface area contributed by atoms with Crippen LogP contribution in [0.25, 0.3) is 0 Å². The van der Waals surface area contributed by atoms with E-state index in [-0.39, 0.29) is 17.9 Å². The Kier molecular flexibility index (Phi) is 8.35. The average Bonchev–Trinajstić information content (AvgIpc) is 3.09. The highest BCUT2D eigenvalue weighted by Crippen LogP contribution is 2.52. The fraction of sp³-hybridized carbons (Fsp3) is 0.538. The van der Waals surface area contributed by atoms with E-state index in [2.05, 4.69) is 64.4 Å². The van der Waals surface area contributed by atoms with E-state index >= 15 is 0 Å². The normalized spacial score (nSPS) is 26.2. The summed E-state index contributed by atoms with van der Waals surface area (Å²) in [4.78, 5) is 5.46. The van der Waals surface area contributed by atoms with Crippen LogP contribution in [0.5, 0.6) is 0 Å². The summed E-state index contributed by atoms with van der Waals surface area (Å²) in [5.41, 5.74) is 4.74. The third kappa shape index (κ3) is 4.75. The minimum Gasteiger partial charge on any atom is -0.412 e. The minimum atomic E-state index is 0. The van der Waals surface area contributed by atoms with Crippen molar-refractivity contribution in [3.63, 3.8) is 0 Å². The van der Waals surface area contributed by atoms with Crippen molar-refractivity contribution in [2.24, 2.45) is 5.92 Å². The van der Waals surface area contributed by atoms with Gasteiger partial charge in [0.2, 0.25) is 0 Å². The summed E-state index contributed by atoms with van der Waals surface area (Å²) in [6.45, 7) is 7.77. The second kappa shape index (κ2) is 10.8. The zero-order chi connectivity index (χ0) is 18.8.